The van der Waals surface area contributed by atoms with Gasteiger partial charge in [0.1, 0.15) is 5.82 Å². The Bertz CT molecular complexity index is 207. The molecular weight excluding hydrogens is 199 g/mol. The first kappa shape index (κ1) is 9.05. The van der Waals surface area contributed by atoms with E-state index in [1.54, 1.807) is 12.1 Å². The highest BCUT2D eigenvalue weighted by atomic mass is 79.9. The van der Waals surface area contributed by atoms with Gasteiger partial charge in [0.25, 0.3) is 0 Å². The second-order valence-electron chi connectivity index (χ2n) is 1.44. The van der Waals surface area contributed by atoms with E-state index >= 15 is 0 Å². The summed E-state index contributed by atoms with van der Waals surface area (Å²) in [6, 6.07) is 6.26. The van der Waals surface area contributed by atoms with Crippen molar-refractivity contribution in [3.8, 4) is 0 Å². The van der Waals surface area contributed by atoms with E-state index in [2.05, 4.69) is 15.9 Å². The van der Waals surface area contributed by atoms with Crippen molar-refractivity contribution >= 4 is 15.9 Å². The lowest BCUT2D eigenvalue weighted by Gasteiger charge is -1.85. The Morgan fingerprint density at radius 2 is 1.90 bits per heavy atom. The van der Waals surface area contributed by atoms with Crippen LogP contribution >= 0.6 is 15.9 Å². The van der Waals surface area contributed by atoms with Gasteiger partial charge in [-0.05, 0) is 18.2 Å². The molecule has 0 unspecified atom stereocenters. The quantitative estimate of drug-likeness (QED) is 0.608. The summed E-state index contributed by atoms with van der Waals surface area (Å²) in [5, 5.41) is 12.0. The average molecular weight is 203 g/mol. The molecule has 0 aliphatic heterocycles. The van der Waals surface area contributed by atoms with Crippen LogP contribution in [-0.2, 0) is 0 Å². The number of rotatable bonds is 0. The number of hydrogen-bond donors (Lipinski definition) is 0. The molecule has 0 heterocycles. The molecule has 0 spiro atoms. The maximum Gasteiger partial charge on any atom is 0.124 e. The lowest BCUT2D eigenvalue weighted by atomic mass is 10.4. The van der Waals surface area contributed by atoms with E-state index in [4.69, 9.17) is 10.8 Å². The molecule has 2 nitrogen and oxygen atoms in total. The van der Waals surface area contributed by atoms with Crippen LogP contribution in [0.25, 0.3) is 0 Å². The van der Waals surface area contributed by atoms with Gasteiger partial charge in [-0.1, -0.05) is 22.0 Å². The molecule has 52 valence electrons. The summed E-state index contributed by atoms with van der Waals surface area (Å²) < 4.78 is 12.9. The van der Waals surface area contributed by atoms with Gasteiger partial charge >= 0.3 is 0 Å². The maximum atomic E-state index is 12.1. The van der Waals surface area contributed by atoms with Crippen LogP contribution in [0.2, 0.25) is 0 Å². The Labute approximate surface area is 66.2 Å². The van der Waals surface area contributed by atoms with E-state index in [9.17, 15) is 4.39 Å². The maximum absolute atomic E-state index is 12.1. The topological polar surface area (TPSA) is 47.6 Å². The number of nitrogens with zero attached hydrogens (tertiary/aromatic N) is 2. The molecule has 1 aromatic rings. The predicted molar refractivity (Wildman–Crippen MR) is 37.6 cm³/mol. The Kier molecular flexibility index (Phi) is 4.42. The summed E-state index contributed by atoms with van der Waals surface area (Å²) >= 11 is 3.12. The Morgan fingerprint density at radius 1 is 1.30 bits per heavy atom. The molecule has 0 aromatic heterocycles. The fourth-order valence-electron chi connectivity index (χ4n) is 0.460. The third-order valence-electron chi connectivity index (χ3n) is 0.787. The molecule has 1 rings (SSSR count). The first-order chi connectivity index (χ1) is 4.79. The second-order valence-corrected chi connectivity index (χ2v) is 2.36. The van der Waals surface area contributed by atoms with Crippen molar-refractivity contribution in [3.05, 3.63) is 34.6 Å². The normalized spacial score (nSPS) is 7.60. The van der Waals surface area contributed by atoms with Crippen LogP contribution in [0.3, 0.4) is 0 Å². The van der Waals surface area contributed by atoms with Crippen molar-refractivity contribution < 1.29 is 4.39 Å². The highest BCUT2D eigenvalue weighted by Gasteiger charge is 1.86. The minimum atomic E-state index is -0.209. The van der Waals surface area contributed by atoms with Gasteiger partial charge in [-0.25, -0.2) is 4.39 Å². The summed E-state index contributed by atoms with van der Waals surface area (Å²) in [5.41, 5.74) is 0. The van der Waals surface area contributed by atoms with E-state index in [-0.39, 0.29) is 5.82 Å². The van der Waals surface area contributed by atoms with Gasteiger partial charge in [-0.3, -0.25) is 0 Å². The van der Waals surface area contributed by atoms with Crippen LogP contribution in [-0.4, -0.2) is 0 Å². The van der Waals surface area contributed by atoms with Gasteiger partial charge in [0.2, 0.25) is 0 Å². The van der Waals surface area contributed by atoms with Crippen LogP contribution in [0.15, 0.2) is 28.7 Å². The van der Waals surface area contributed by atoms with Crippen LogP contribution in [0.4, 0.5) is 4.39 Å². The van der Waals surface area contributed by atoms with Crippen molar-refractivity contribution in [2.75, 3.05) is 0 Å². The van der Waals surface area contributed by atoms with Gasteiger partial charge in [0, 0.05) is 15.3 Å². The molecule has 0 amide bonds. The van der Waals surface area contributed by atoms with Gasteiger partial charge < -0.3 is 0 Å². The van der Waals surface area contributed by atoms with Gasteiger partial charge in [-0.2, -0.15) is 0 Å². The first-order valence-corrected chi connectivity index (χ1v) is 3.19. The SMILES string of the molecule is Fc1cccc(Br)c1.N#N. The Morgan fingerprint density at radius 3 is 2.20 bits per heavy atom. The molecule has 0 fully saturated rings. The first-order valence-electron chi connectivity index (χ1n) is 2.40. The molecule has 1 aromatic carbocycles. The fourth-order valence-corrected chi connectivity index (χ4v) is 0.831. The van der Waals surface area contributed by atoms with Crippen LogP contribution in [0.5, 0.6) is 0 Å². The predicted octanol–water partition coefficient (Wildman–Crippen LogP) is 2.62. The lowest BCUT2D eigenvalue weighted by Crippen LogP contribution is -1.68. The van der Waals surface area contributed by atoms with E-state index in [0.717, 1.165) is 4.47 Å². The third-order valence-corrected chi connectivity index (χ3v) is 1.28. The number of hydrogen-bond acceptors (Lipinski definition) is 2. The van der Waals surface area contributed by atoms with Crippen molar-refractivity contribution in [2.24, 2.45) is 0 Å². The monoisotopic (exact) mass is 202 g/mol. The van der Waals surface area contributed by atoms with E-state index in [1.165, 1.54) is 12.1 Å². The minimum absolute atomic E-state index is 0.209. The summed E-state index contributed by atoms with van der Waals surface area (Å²) in [6.07, 6.45) is 0. The van der Waals surface area contributed by atoms with Gasteiger partial charge in [0.05, 0.1) is 0 Å². The van der Waals surface area contributed by atoms with Crippen LogP contribution in [0, 0.1) is 16.6 Å². The van der Waals surface area contributed by atoms with Crippen LogP contribution < -0.4 is 0 Å². The zero-order chi connectivity index (χ0) is 7.98. The minimum Gasteiger partial charge on any atom is -0.207 e. The summed E-state index contributed by atoms with van der Waals surface area (Å²) in [7, 11) is 0. The molecule has 0 aliphatic carbocycles. The highest BCUT2D eigenvalue weighted by Crippen LogP contribution is 2.09. The molecule has 0 saturated heterocycles. The zero-order valence-corrected chi connectivity index (χ0v) is 6.55. The highest BCUT2D eigenvalue weighted by molar-refractivity contribution is 9.10. The lowest BCUT2D eigenvalue weighted by molar-refractivity contribution is 0.627. The molecule has 4 heteroatoms. The van der Waals surface area contributed by atoms with E-state index in [1.807, 2.05) is 0 Å². The Balaban J connectivity index is 0.000000371. The van der Waals surface area contributed by atoms with E-state index < -0.39 is 0 Å². The molecule has 0 saturated carbocycles. The van der Waals surface area contributed by atoms with Crippen molar-refractivity contribution in [2.45, 2.75) is 0 Å². The molecule has 0 N–H and O–H groups in total. The summed E-state index contributed by atoms with van der Waals surface area (Å²) in [6.45, 7) is 0. The van der Waals surface area contributed by atoms with Crippen molar-refractivity contribution in [1.29, 1.82) is 10.8 Å². The van der Waals surface area contributed by atoms with Gasteiger partial charge in [0.15, 0.2) is 0 Å². The van der Waals surface area contributed by atoms with Crippen LogP contribution in [0.1, 0.15) is 0 Å². The average Bonchev–Trinajstić information content (AvgIpc) is 1.91. The molecular formula is C6H4BrFN2. The molecule has 0 atom stereocenters. The summed E-state index contributed by atoms with van der Waals surface area (Å²) in [5.74, 6) is -0.209. The molecule has 10 heavy (non-hydrogen) atoms. The van der Waals surface area contributed by atoms with Gasteiger partial charge in [-0.15, -0.1) is 0 Å². The second kappa shape index (κ2) is 4.89. The fraction of sp³-hybridized carbons (Fsp3) is 0. The number of halogens is 2. The molecule has 0 radical (unpaired) electrons. The smallest absolute Gasteiger partial charge is 0.124 e. The molecule has 0 aliphatic rings. The van der Waals surface area contributed by atoms with Crippen molar-refractivity contribution in [3.63, 3.8) is 0 Å². The molecule has 0 bridgehead atoms. The third kappa shape index (κ3) is 3.15. The largest absolute Gasteiger partial charge is 0.207 e. The number of benzene rings is 1. The summed E-state index contributed by atoms with van der Waals surface area (Å²) in [4.78, 5) is 0. The van der Waals surface area contributed by atoms with E-state index in [0.29, 0.717) is 0 Å². The standard InChI is InChI=1S/C6H4BrF.N2/c7-5-2-1-3-6(8)4-5;1-2/h1-4H;. The Hall–Kier alpha value is -0.950. The zero-order valence-electron chi connectivity index (χ0n) is 4.96. The van der Waals surface area contributed by atoms with Crippen molar-refractivity contribution in [1.82, 2.24) is 0 Å².